The van der Waals surface area contributed by atoms with Gasteiger partial charge in [0.05, 0.1) is 12.2 Å². The lowest BCUT2D eigenvalue weighted by Gasteiger charge is -2.29. The number of anilines is 1. The molecule has 0 saturated heterocycles. The third-order valence-corrected chi connectivity index (χ3v) is 3.32. The Morgan fingerprint density at radius 3 is 2.59 bits per heavy atom. The molecule has 0 saturated carbocycles. The summed E-state index contributed by atoms with van der Waals surface area (Å²) in [5, 5.41) is 9.02. The molecule has 2 aromatic heterocycles. The van der Waals surface area contributed by atoms with Crippen LogP contribution in [0.3, 0.4) is 0 Å². The van der Waals surface area contributed by atoms with Gasteiger partial charge in [0.15, 0.2) is 0 Å². The lowest BCUT2D eigenvalue weighted by Crippen LogP contribution is -2.34. The molecule has 2 heterocycles. The number of rotatable bonds is 4. The first-order chi connectivity index (χ1) is 10.4. The molecule has 0 atom stereocenters. The second-order valence-corrected chi connectivity index (χ2v) is 7.15. The molecule has 22 heavy (non-hydrogen) atoms. The van der Waals surface area contributed by atoms with E-state index < -0.39 is 0 Å². The molecule has 0 N–H and O–H groups in total. The van der Waals surface area contributed by atoms with Gasteiger partial charge in [0.2, 0.25) is 5.95 Å². The van der Waals surface area contributed by atoms with Gasteiger partial charge in [0.25, 0.3) is 0 Å². The van der Waals surface area contributed by atoms with Crippen molar-refractivity contribution in [1.29, 1.82) is 5.26 Å². The number of aromatic nitrogens is 3. The highest BCUT2D eigenvalue weighted by atomic mass is 79.9. The van der Waals surface area contributed by atoms with E-state index in [1.54, 1.807) is 18.5 Å². The summed E-state index contributed by atoms with van der Waals surface area (Å²) in [7, 11) is 0. The zero-order valence-electron chi connectivity index (χ0n) is 12.9. The minimum Gasteiger partial charge on any atom is -0.334 e. The molecule has 0 spiro atoms. The van der Waals surface area contributed by atoms with Crippen LogP contribution in [0.1, 0.15) is 32.2 Å². The summed E-state index contributed by atoms with van der Waals surface area (Å²) in [6.45, 7) is 7.83. The summed E-state index contributed by atoms with van der Waals surface area (Å²) < 4.78 is 0.946. The van der Waals surface area contributed by atoms with Crippen LogP contribution in [0.25, 0.3) is 0 Å². The Hall–Kier alpha value is -2.00. The van der Waals surface area contributed by atoms with Gasteiger partial charge in [0, 0.05) is 23.4 Å². The maximum atomic E-state index is 9.02. The first-order valence-electron chi connectivity index (χ1n) is 6.96. The Morgan fingerprint density at radius 2 is 2.00 bits per heavy atom. The number of pyridine rings is 1. The van der Waals surface area contributed by atoms with Crippen LogP contribution in [0.2, 0.25) is 0 Å². The van der Waals surface area contributed by atoms with Gasteiger partial charge in [-0.25, -0.2) is 9.97 Å². The van der Waals surface area contributed by atoms with Crippen LogP contribution in [0.15, 0.2) is 35.1 Å². The van der Waals surface area contributed by atoms with Crippen LogP contribution in [-0.4, -0.2) is 21.5 Å². The van der Waals surface area contributed by atoms with Gasteiger partial charge in [-0.3, -0.25) is 4.98 Å². The Bertz CT molecular complexity index is 670. The number of hydrogen-bond acceptors (Lipinski definition) is 5. The smallest absolute Gasteiger partial charge is 0.226 e. The molecule has 0 aliphatic rings. The second kappa shape index (κ2) is 6.84. The average Bonchev–Trinajstić information content (AvgIpc) is 2.47. The van der Waals surface area contributed by atoms with Gasteiger partial charge in [-0.1, -0.05) is 20.8 Å². The van der Waals surface area contributed by atoms with Crippen molar-refractivity contribution in [3.05, 3.63) is 46.5 Å². The maximum Gasteiger partial charge on any atom is 0.226 e. The highest BCUT2D eigenvalue weighted by molar-refractivity contribution is 9.10. The van der Waals surface area contributed by atoms with Gasteiger partial charge in [-0.05, 0) is 39.5 Å². The lowest BCUT2D eigenvalue weighted by atomic mass is 9.96. The molecule has 0 radical (unpaired) electrons. The van der Waals surface area contributed by atoms with Crippen LogP contribution in [-0.2, 0) is 6.54 Å². The van der Waals surface area contributed by atoms with Crippen LogP contribution in [0.4, 0.5) is 5.95 Å². The number of nitriles is 1. The van der Waals surface area contributed by atoms with Crippen molar-refractivity contribution in [3.8, 4) is 6.07 Å². The fourth-order valence-electron chi connectivity index (χ4n) is 2.03. The molecule has 0 bridgehead atoms. The van der Waals surface area contributed by atoms with Gasteiger partial charge >= 0.3 is 0 Å². The fourth-order valence-corrected chi connectivity index (χ4v) is 2.26. The van der Waals surface area contributed by atoms with Crippen molar-refractivity contribution in [2.24, 2.45) is 5.41 Å². The molecule has 0 unspecified atom stereocenters. The van der Waals surface area contributed by atoms with Crippen molar-refractivity contribution in [2.45, 2.75) is 27.3 Å². The zero-order chi connectivity index (χ0) is 16.2. The number of nitrogens with zero attached hydrogens (tertiary/aromatic N) is 5. The third kappa shape index (κ3) is 4.78. The van der Waals surface area contributed by atoms with Crippen molar-refractivity contribution in [2.75, 3.05) is 11.4 Å². The fraction of sp³-hybridized carbons (Fsp3) is 0.375. The Labute approximate surface area is 139 Å². The predicted molar refractivity (Wildman–Crippen MR) is 89.2 cm³/mol. The highest BCUT2D eigenvalue weighted by Gasteiger charge is 2.20. The minimum atomic E-state index is 0.0708. The van der Waals surface area contributed by atoms with E-state index in [1.807, 2.05) is 12.1 Å². The van der Waals surface area contributed by atoms with Gasteiger partial charge in [-0.15, -0.1) is 0 Å². The lowest BCUT2D eigenvalue weighted by molar-refractivity contribution is 0.405. The summed E-state index contributed by atoms with van der Waals surface area (Å²) in [6.07, 6.45) is 3.39. The van der Waals surface area contributed by atoms with E-state index in [0.29, 0.717) is 18.2 Å². The van der Waals surface area contributed by atoms with Crippen molar-refractivity contribution < 1.29 is 0 Å². The van der Waals surface area contributed by atoms with Gasteiger partial charge in [0.1, 0.15) is 11.8 Å². The number of hydrogen-bond donors (Lipinski definition) is 0. The molecule has 0 fully saturated rings. The van der Waals surface area contributed by atoms with E-state index in [4.69, 9.17) is 5.26 Å². The van der Waals surface area contributed by atoms with Crippen molar-refractivity contribution in [1.82, 2.24) is 15.0 Å². The van der Waals surface area contributed by atoms with E-state index in [0.717, 1.165) is 16.7 Å². The van der Waals surface area contributed by atoms with E-state index in [1.165, 1.54) is 0 Å². The van der Waals surface area contributed by atoms with Gasteiger partial charge in [-0.2, -0.15) is 5.26 Å². The second-order valence-electron chi connectivity index (χ2n) is 6.24. The quantitative estimate of drug-likeness (QED) is 0.834. The molecule has 0 amide bonds. The summed E-state index contributed by atoms with van der Waals surface area (Å²) >= 11 is 3.39. The third-order valence-electron chi connectivity index (χ3n) is 2.85. The van der Waals surface area contributed by atoms with Crippen molar-refractivity contribution >= 4 is 21.9 Å². The summed E-state index contributed by atoms with van der Waals surface area (Å²) in [6, 6.07) is 7.59. The molecule has 0 aromatic carbocycles. The molecule has 2 rings (SSSR count). The van der Waals surface area contributed by atoms with E-state index in [9.17, 15) is 0 Å². The number of halogens is 1. The topological polar surface area (TPSA) is 65.7 Å². The summed E-state index contributed by atoms with van der Waals surface area (Å²) in [5.74, 6) is 0.554. The molecule has 114 valence electrons. The highest BCUT2D eigenvalue weighted by Crippen LogP contribution is 2.21. The van der Waals surface area contributed by atoms with Crippen molar-refractivity contribution in [3.63, 3.8) is 0 Å². The van der Waals surface area contributed by atoms with Gasteiger partial charge < -0.3 is 4.90 Å². The Morgan fingerprint density at radius 1 is 1.23 bits per heavy atom. The monoisotopic (exact) mass is 359 g/mol. The SMILES string of the molecule is CC(C)(C)CN(Cc1ccc(Br)cn1)c1nccc(C#N)n1. The molecule has 5 nitrogen and oxygen atoms in total. The van der Waals surface area contributed by atoms with E-state index >= 15 is 0 Å². The van der Waals surface area contributed by atoms with E-state index in [-0.39, 0.29) is 5.41 Å². The zero-order valence-corrected chi connectivity index (χ0v) is 14.5. The summed E-state index contributed by atoms with van der Waals surface area (Å²) in [5.41, 5.74) is 1.37. The molecule has 0 aliphatic heterocycles. The Kier molecular flexibility index (Phi) is 5.09. The normalized spacial score (nSPS) is 11.0. The largest absolute Gasteiger partial charge is 0.334 e. The van der Waals surface area contributed by atoms with Crippen LogP contribution in [0.5, 0.6) is 0 Å². The molecule has 0 aliphatic carbocycles. The maximum absolute atomic E-state index is 9.02. The standard InChI is InChI=1S/C16H18BrN5/c1-16(2,3)11-22(10-14-5-4-12(17)9-20-14)15-19-7-6-13(8-18)21-15/h4-7,9H,10-11H2,1-3H3. The molecular formula is C16H18BrN5. The van der Waals surface area contributed by atoms with E-state index in [2.05, 4.69) is 62.6 Å². The summed E-state index contributed by atoms with van der Waals surface area (Å²) in [4.78, 5) is 15.1. The first kappa shape index (κ1) is 16.4. The van der Waals surface area contributed by atoms with Crippen LogP contribution >= 0.6 is 15.9 Å². The Balaban J connectivity index is 2.29. The van der Waals surface area contributed by atoms with Crippen LogP contribution in [0, 0.1) is 16.7 Å². The predicted octanol–water partition coefficient (Wildman–Crippen LogP) is 3.56. The molecule has 2 aromatic rings. The molecule has 6 heteroatoms. The first-order valence-corrected chi connectivity index (χ1v) is 7.75. The average molecular weight is 360 g/mol. The van der Waals surface area contributed by atoms with Crippen LogP contribution < -0.4 is 4.90 Å². The molecular weight excluding hydrogens is 342 g/mol. The minimum absolute atomic E-state index is 0.0708.